The molecule has 0 spiro atoms. The van der Waals surface area contributed by atoms with Gasteiger partial charge in [0.1, 0.15) is 0 Å². The molecule has 0 aliphatic carbocycles. The molecule has 6 nitrogen and oxygen atoms in total. The van der Waals surface area contributed by atoms with Gasteiger partial charge in [0, 0.05) is 33.1 Å². The van der Waals surface area contributed by atoms with E-state index in [0.717, 1.165) is 13.0 Å². The molecule has 0 unspecified atom stereocenters. The molecule has 0 saturated carbocycles. The molecule has 22 heavy (non-hydrogen) atoms. The summed E-state index contributed by atoms with van der Waals surface area (Å²) >= 11 is 0. The minimum atomic E-state index is -0.151. The first-order valence-corrected chi connectivity index (χ1v) is 7.32. The van der Waals surface area contributed by atoms with E-state index in [-0.39, 0.29) is 11.8 Å². The highest BCUT2D eigenvalue weighted by Crippen LogP contribution is 2.31. The summed E-state index contributed by atoms with van der Waals surface area (Å²) in [5.74, 6) is 0.970. The molecule has 0 N–H and O–H groups in total. The normalized spacial score (nSPS) is 14.1. The van der Waals surface area contributed by atoms with Gasteiger partial charge in [0.15, 0.2) is 11.5 Å². The topological polar surface area (TPSA) is 59.1 Å². The molecule has 2 rings (SSSR count). The van der Waals surface area contributed by atoms with Gasteiger partial charge in [0.2, 0.25) is 5.91 Å². The minimum Gasteiger partial charge on any atom is -0.493 e. The van der Waals surface area contributed by atoms with Crippen LogP contribution < -0.4 is 9.47 Å². The Bertz CT molecular complexity index is 559. The molecule has 1 aromatic carbocycles. The number of carbonyl (C=O) groups is 2. The van der Waals surface area contributed by atoms with Gasteiger partial charge < -0.3 is 19.3 Å². The Morgan fingerprint density at radius 1 is 1.32 bits per heavy atom. The van der Waals surface area contributed by atoms with Crippen LogP contribution in [-0.2, 0) is 4.79 Å². The number of amides is 2. The first-order chi connectivity index (χ1) is 10.6. The van der Waals surface area contributed by atoms with Crippen LogP contribution in [0.15, 0.2) is 18.2 Å². The first kappa shape index (κ1) is 16.1. The van der Waals surface area contributed by atoms with E-state index >= 15 is 0 Å². The Morgan fingerprint density at radius 2 is 2.09 bits per heavy atom. The van der Waals surface area contributed by atoms with Crippen LogP contribution in [0.25, 0.3) is 0 Å². The number of para-hydroxylation sites is 1. The zero-order chi connectivity index (χ0) is 16.1. The van der Waals surface area contributed by atoms with Crippen molar-refractivity contribution in [3.63, 3.8) is 0 Å². The number of rotatable bonds is 6. The maximum atomic E-state index is 12.6. The minimum absolute atomic E-state index is 0.151. The van der Waals surface area contributed by atoms with Gasteiger partial charge >= 0.3 is 0 Å². The van der Waals surface area contributed by atoms with Crippen LogP contribution in [0.5, 0.6) is 11.5 Å². The molecular formula is C16H22N2O4. The lowest BCUT2D eigenvalue weighted by Gasteiger charge is -2.23. The van der Waals surface area contributed by atoms with Crippen molar-refractivity contribution in [1.29, 1.82) is 0 Å². The molecule has 1 aliphatic heterocycles. The van der Waals surface area contributed by atoms with Crippen molar-refractivity contribution in [2.24, 2.45) is 0 Å². The molecule has 120 valence electrons. The molecule has 1 fully saturated rings. The second-order valence-corrected chi connectivity index (χ2v) is 5.25. The molecule has 1 heterocycles. The highest BCUT2D eigenvalue weighted by molar-refractivity contribution is 5.97. The van der Waals surface area contributed by atoms with Crippen molar-refractivity contribution in [3.05, 3.63) is 23.8 Å². The monoisotopic (exact) mass is 306 g/mol. The van der Waals surface area contributed by atoms with Crippen LogP contribution in [0.2, 0.25) is 0 Å². The lowest BCUT2D eigenvalue weighted by Crippen LogP contribution is -2.37. The third kappa shape index (κ3) is 3.32. The lowest BCUT2D eigenvalue weighted by atomic mass is 10.1. The first-order valence-electron chi connectivity index (χ1n) is 7.32. The molecule has 6 heteroatoms. The Labute approximate surface area is 130 Å². The van der Waals surface area contributed by atoms with Gasteiger partial charge in [-0.2, -0.15) is 0 Å². The van der Waals surface area contributed by atoms with Crippen LogP contribution in [0.1, 0.15) is 23.2 Å². The lowest BCUT2D eigenvalue weighted by molar-refractivity contribution is -0.127. The van der Waals surface area contributed by atoms with E-state index in [9.17, 15) is 9.59 Å². The van der Waals surface area contributed by atoms with Gasteiger partial charge in [0.25, 0.3) is 5.91 Å². The van der Waals surface area contributed by atoms with E-state index in [1.165, 1.54) is 14.2 Å². The fourth-order valence-corrected chi connectivity index (χ4v) is 2.57. The molecule has 0 bridgehead atoms. The average Bonchev–Trinajstić information content (AvgIpc) is 2.95. The van der Waals surface area contributed by atoms with Crippen LogP contribution >= 0.6 is 0 Å². The van der Waals surface area contributed by atoms with Crippen LogP contribution in [0, 0.1) is 0 Å². The van der Waals surface area contributed by atoms with Gasteiger partial charge in [-0.05, 0) is 18.6 Å². The predicted molar refractivity (Wildman–Crippen MR) is 82.3 cm³/mol. The molecule has 0 atom stereocenters. The second-order valence-electron chi connectivity index (χ2n) is 5.25. The van der Waals surface area contributed by atoms with Crippen molar-refractivity contribution in [2.45, 2.75) is 12.8 Å². The van der Waals surface area contributed by atoms with Crippen LogP contribution in [-0.4, -0.2) is 62.5 Å². The molecule has 1 saturated heterocycles. The summed E-state index contributed by atoms with van der Waals surface area (Å²) in [6.07, 6.45) is 1.52. The second kappa shape index (κ2) is 7.15. The molecule has 1 aliphatic rings. The fourth-order valence-electron chi connectivity index (χ4n) is 2.57. The van der Waals surface area contributed by atoms with Crippen molar-refractivity contribution >= 4 is 11.8 Å². The predicted octanol–water partition coefficient (Wildman–Crippen LogP) is 1.40. The van der Waals surface area contributed by atoms with Crippen LogP contribution in [0.4, 0.5) is 0 Å². The number of likely N-dealkylation sites (N-methyl/N-ethyl adjacent to an activating group) is 1. The van der Waals surface area contributed by atoms with E-state index in [1.807, 2.05) is 0 Å². The number of nitrogens with zero attached hydrogens (tertiary/aromatic N) is 2. The smallest absolute Gasteiger partial charge is 0.257 e. The maximum Gasteiger partial charge on any atom is 0.257 e. The summed E-state index contributed by atoms with van der Waals surface area (Å²) in [4.78, 5) is 27.6. The van der Waals surface area contributed by atoms with Crippen LogP contribution in [0.3, 0.4) is 0 Å². The summed E-state index contributed by atoms with van der Waals surface area (Å²) in [7, 11) is 4.77. The van der Waals surface area contributed by atoms with Crippen molar-refractivity contribution in [3.8, 4) is 11.5 Å². The number of hydrogen-bond donors (Lipinski definition) is 0. The zero-order valence-electron chi connectivity index (χ0n) is 13.3. The standard InChI is InChI=1S/C16H22N2O4/c1-17(10-11-18-9-5-8-14(18)19)16(20)12-6-4-7-13(21-2)15(12)22-3/h4,6-7H,5,8-11H2,1-3H3. The molecule has 0 aromatic heterocycles. The number of ether oxygens (including phenoxy) is 2. The van der Waals surface area contributed by atoms with E-state index in [4.69, 9.17) is 9.47 Å². The average molecular weight is 306 g/mol. The molecular weight excluding hydrogens is 284 g/mol. The molecule has 1 aromatic rings. The summed E-state index contributed by atoms with van der Waals surface area (Å²) in [5.41, 5.74) is 0.456. The maximum absolute atomic E-state index is 12.6. The van der Waals surface area contributed by atoms with E-state index in [2.05, 4.69) is 0 Å². The third-order valence-corrected chi connectivity index (χ3v) is 3.86. The SMILES string of the molecule is COc1cccc(C(=O)N(C)CCN2CCCC2=O)c1OC. The van der Waals surface area contributed by atoms with Gasteiger partial charge in [-0.25, -0.2) is 0 Å². The van der Waals surface area contributed by atoms with E-state index in [0.29, 0.717) is 36.6 Å². The Balaban J connectivity index is 2.05. The fraction of sp³-hybridized carbons (Fsp3) is 0.500. The summed E-state index contributed by atoms with van der Waals surface area (Å²) in [6, 6.07) is 5.21. The van der Waals surface area contributed by atoms with E-state index < -0.39 is 0 Å². The summed E-state index contributed by atoms with van der Waals surface area (Å²) in [6.45, 7) is 1.83. The zero-order valence-corrected chi connectivity index (χ0v) is 13.3. The number of hydrogen-bond acceptors (Lipinski definition) is 4. The van der Waals surface area contributed by atoms with Crippen molar-refractivity contribution in [1.82, 2.24) is 9.80 Å². The Morgan fingerprint density at radius 3 is 2.68 bits per heavy atom. The number of methoxy groups -OCH3 is 2. The quantitative estimate of drug-likeness (QED) is 0.797. The van der Waals surface area contributed by atoms with Gasteiger partial charge in [0.05, 0.1) is 19.8 Å². The largest absolute Gasteiger partial charge is 0.493 e. The molecule has 0 radical (unpaired) electrons. The number of carbonyl (C=O) groups excluding carboxylic acids is 2. The Hall–Kier alpha value is -2.24. The summed E-state index contributed by atoms with van der Waals surface area (Å²) < 4.78 is 10.5. The summed E-state index contributed by atoms with van der Waals surface area (Å²) in [5, 5.41) is 0. The third-order valence-electron chi connectivity index (χ3n) is 3.86. The highest BCUT2D eigenvalue weighted by atomic mass is 16.5. The van der Waals surface area contributed by atoms with Gasteiger partial charge in [-0.15, -0.1) is 0 Å². The van der Waals surface area contributed by atoms with Crippen molar-refractivity contribution in [2.75, 3.05) is 40.9 Å². The van der Waals surface area contributed by atoms with E-state index in [1.54, 1.807) is 35.0 Å². The van der Waals surface area contributed by atoms with Crippen molar-refractivity contribution < 1.29 is 19.1 Å². The number of benzene rings is 1. The van der Waals surface area contributed by atoms with Gasteiger partial charge in [-0.1, -0.05) is 6.07 Å². The number of likely N-dealkylation sites (tertiary alicyclic amines) is 1. The van der Waals surface area contributed by atoms with Gasteiger partial charge in [-0.3, -0.25) is 9.59 Å². The highest BCUT2D eigenvalue weighted by Gasteiger charge is 2.23. The molecule has 2 amide bonds. The Kier molecular flexibility index (Phi) is 5.25.